The largest absolute Gasteiger partial charge is 0.480 e. The van der Waals surface area contributed by atoms with Crippen LogP contribution in [0.15, 0.2) is 18.2 Å². The van der Waals surface area contributed by atoms with Crippen molar-refractivity contribution in [1.82, 2.24) is 5.32 Å². The van der Waals surface area contributed by atoms with Gasteiger partial charge in [-0.2, -0.15) is 0 Å². The molecule has 1 rings (SSSR count). The number of carboxylic acids is 1. The van der Waals surface area contributed by atoms with Gasteiger partial charge in [0.1, 0.15) is 6.54 Å². The van der Waals surface area contributed by atoms with Crippen LogP contribution in [0.1, 0.15) is 113 Å². The van der Waals surface area contributed by atoms with E-state index in [0.29, 0.717) is 18.4 Å². The summed E-state index contributed by atoms with van der Waals surface area (Å²) < 4.78 is 4.65. The summed E-state index contributed by atoms with van der Waals surface area (Å²) in [6, 6.07) is 5.64. The van der Waals surface area contributed by atoms with E-state index in [1.807, 2.05) is 19.1 Å². The average Bonchev–Trinajstić information content (AvgIpc) is 2.86. The molecule has 35 heavy (non-hydrogen) atoms. The molecule has 7 nitrogen and oxygen atoms in total. The van der Waals surface area contributed by atoms with Gasteiger partial charge in [-0.15, -0.1) is 0 Å². The molecule has 0 atom stereocenters. The highest BCUT2D eigenvalue weighted by molar-refractivity contribution is 5.97. The van der Waals surface area contributed by atoms with E-state index in [1.54, 1.807) is 6.07 Å². The molecular formula is C28H46N2O5. The number of amides is 1. The van der Waals surface area contributed by atoms with Crippen molar-refractivity contribution in [3.05, 3.63) is 29.3 Å². The number of aliphatic carboxylic acids is 1. The summed E-state index contributed by atoms with van der Waals surface area (Å²) in [6.45, 7) is 2.53. The second-order valence-corrected chi connectivity index (χ2v) is 9.15. The van der Waals surface area contributed by atoms with E-state index in [1.165, 1.54) is 71.3 Å². The van der Waals surface area contributed by atoms with Gasteiger partial charge < -0.3 is 20.5 Å². The van der Waals surface area contributed by atoms with E-state index in [-0.39, 0.29) is 18.4 Å². The maximum absolute atomic E-state index is 12.2. The normalized spacial score (nSPS) is 10.7. The van der Waals surface area contributed by atoms with E-state index >= 15 is 0 Å². The lowest BCUT2D eigenvalue weighted by molar-refractivity contribution is -0.140. The van der Waals surface area contributed by atoms with Gasteiger partial charge in [0.25, 0.3) is 5.91 Å². The van der Waals surface area contributed by atoms with Crippen molar-refractivity contribution in [3.8, 4) is 0 Å². The van der Waals surface area contributed by atoms with Crippen LogP contribution >= 0.6 is 0 Å². The van der Waals surface area contributed by atoms with Crippen LogP contribution in [0, 0.1) is 0 Å². The third-order valence-electron chi connectivity index (χ3n) is 6.25. The molecule has 0 saturated heterocycles. The Morgan fingerprint density at radius 1 is 0.829 bits per heavy atom. The van der Waals surface area contributed by atoms with Gasteiger partial charge in [-0.3, -0.25) is 14.4 Å². The molecule has 0 heterocycles. The SMILES string of the molecule is CCc1cc(NCCCCCCCCCCCCCCCC(=O)OC)ccc1C(=O)NCC(=O)O. The molecule has 0 aliphatic heterocycles. The van der Waals surface area contributed by atoms with Gasteiger partial charge in [0.05, 0.1) is 7.11 Å². The molecule has 0 unspecified atom stereocenters. The fraction of sp³-hybridized carbons (Fsp3) is 0.679. The van der Waals surface area contributed by atoms with E-state index in [4.69, 9.17) is 5.11 Å². The first kappa shape index (κ1) is 30.5. The minimum Gasteiger partial charge on any atom is -0.480 e. The molecule has 0 aliphatic carbocycles. The van der Waals surface area contributed by atoms with Crippen LogP contribution < -0.4 is 10.6 Å². The van der Waals surface area contributed by atoms with Crippen molar-refractivity contribution in [1.29, 1.82) is 0 Å². The quantitative estimate of drug-likeness (QED) is 0.142. The van der Waals surface area contributed by atoms with Crippen molar-refractivity contribution in [3.63, 3.8) is 0 Å². The highest BCUT2D eigenvalue weighted by Crippen LogP contribution is 2.18. The first-order chi connectivity index (χ1) is 17.0. The Balaban J connectivity index is 2.01. The van der Waals surface area contributed by atoms with E-state index in [2.05, 4.69) is 15.4 Å². The molecule has 0 saturated carbocycles. The third-order valence-corrected chi connectivity index (χ3v) is 6.25. The summed E-state index contributed by atoms with van der Waals surface area (Å²) >= 11 is 0. The minimum atomic E-state index is -1.05. The Labute approximate surface area is 211 Å². The van der Waals surface area contributed by atoms with Gasteiger partial charge in [0, 0.05) is 24.2 Å². The average molecular weight is 491 g/mol. The molecular weight excluding hydrogens is 444 g/mol. The van der Waals surface area contributed by atoms with Crippen molar-refractivity contribution < 1.29 is 24.2 Å². The van der Waals surface area contributed by atoms with Crippen LogP contribution in [0.4, 0.5) is 5.69 Å². The lowest BCUT2D eigenvalue weighted by Crippen LogP contribution is -2.29. The van der Waals surface area contributed by atoms with Crippen LogP contribution in [-0.2, 0) is 20.7 Å². The maximum Gasteiger partial charge on any atom is 0.322 e. The molecule has 1 aromatic rings. The van der Waals surface area contributed by atoms with Gasteiger partial charge in [0.2, 0.25) is 0 Å². The summed E-state index contributed by atoms with van der Waals surface area (Å²) in [6.07, 6.45) is 17.3. The Bertz CT molecular complexity index is 751. The maximum atomic E-state index is 12.2. The molecule has 0 radical (unpaired) electrons. The topological polar surface area (TPSA) is 105 Å². The molecule has 1 aromatic carbocycles. The molecule has 0 fully saturated rings. The third kappa shape index (κ3) is 15.1. The lowest BCUT2D eigenvalue weighted by atomic mass is 10.0. The summed E-state index contributed by atoms with van der Waals surface area (Å²) in [4.78, 5) is 33.9. The summed E-state index contributed by atoms with van der Waals surface area (Å²) in [7, 11) is 1.45. The number of carbonyl (C=O) groups is 3. The number of methoxy groups -OCH3 is 1. The number of carboxylic acid groups (broad SMARTS) is 1. The zero-order chi connectivity index (χ0) is 25.7. The van der Waals surface area contributed by atoms with Crippen molar-refractivity contribution in [2.75, 3.05) is 25.5 Å². The number of unbranched alkanes of at least 4 members (excludes halogenated alkanes) is 12. The Hall–Kier alpha value is -2.57. The standard InChI is InChI=1S/C28H46N2O5/c1-3-23-21-24(18-19-25(23)28(34)30-22-26(31)32)29-20-16-14-12-10-8-6-4-5-7-9-11-13-15-17-27(33)35-2/h18-19,21,29H,3-17,20,22H2,1-2H3,(H,30,34)(H,31,32). The summed E-state index contributed by atoms with van der Waals surface area (Å²) in [5, 5.41) is 14.6. The zero-order valence-corrected chi connectivity index (χ0v) is 21.8. The fourth-order valence-electron chi connectivity index (χ4n) is 4.14. The van der Waals surface area contributed by atoms with Crippen LogP contribution in [-0.4, -0.2) is 43.2 Å². The van der Waals surface area contributed by atoms with E-state index < -0.39 is 5.97 Å². The number of aryl methyl sites for hydroxylation is 1. The highest BCUT2D eigenvalue weighted by atomic mass is 16.5. The monoisotopic (exact) mass is 490 g/mol. The molecule has 3 N–H and O–H groups in total. The van der Waals surface area contributed by atoms with Gasteiger partial charge >= 0.3 is 11.9 Å². The first-order valence-electron chi connectivity index (χ1n) is 13.4. The fourth-order valence-corrected chi connectivity index (χ4v) is 4.14. The smallest absolute Gasteiger partial charge is 0.322 e. The second-order valence-electron chi connectivity index (χ2n) is 9.15. The number of nitrogens with one attached hydrogen (secondary N) is 2. The molecule has 1 amide bonds. The summed E-state index contributed by atoms with van der Waals surface area (Å²) in [5.41, 5.74) is 2.45. The molecule has 7 heteroatoms. The summed E-state index contributed by atoms with van der Waals surface area (Å²) in [5.74, 6) is -1.49. The van der Waals surface area contributed by atoms with Gasteiger partial charge in [-0.1, -0.05) is 77.6 Å². The number of ether oxygens (including phenoxy) is 1. The Kier molecular flexibility index (Phi) is 17.2. The number of hydrogen-bond acceptors (Lipinski definition) is 5. The van der Waals surface area contributed by atoms with Gasteiger partial charge in [-0.25, -0.2) is 0 Å². The number of rotatable bonds is 21. The second kappa shape index (κ2) is 19.7. The van der Waals surface area contributed by atoms with Gasteiger partial charge in [0.15, 0.2) is 0 Å². The van der Waals surface area contributed by atoms with Crippen molar-refractivity contribution in [2.45, 2.75) is 103 Å². The zero-order valence-electron chi connectivity index (χ0n) is 21.8. The van der Waals surface area contributed by atoms with Crippen LogP contribution in [0.2, 0.25) is 0 Å². The molecule has 198 valence electrons. The predicted molar refractivity (Wildman–Crippen MR) is 141 cm³/mol. The van der Waals surface area contributed by atoms with Crippen LogP contribution in [0.25, 0.3) is 0 Å². The molecule has 0 aromatic heterocycles. The highest BCUT2D eigenvalue weighted by Gasteiger charge is 2.12. The number of hydrogen-bond donors (Lipinski definition) is 3. The number of anilines is 1. The van der Waals surface area contributed by atoms with E-state index in [9.17, 15) is 14.4 Å². The number of carbonyl (C=O) groups excluding carboxylic acids is 2. The predicted octanol–water partition coefficient (Wildman–Crippen LogP) is 6.11. The Morgan fingerprint density at radius 2 is 1.37 bits per heavy atom. The molecule has 0 bridgehead atoms. The number of esters is 1. The lowest BCUT2D eigenvalue weighted by Gasteiger charge is -2.12. The minimum absolute atomic E-state index is 0.0962. The van der Waals surface area contributed by atoms with Crippen molar-refractivity contribution in [2.24, 2.45) is 0 Å². The van der Waals surface area contributed by atoms with Crippen LogP contribution in [0.3, 0.4) is 0 Å². The van der Waals surface area contributed by atoms with Crippen LogP contribution in [0.5, 0.6) is 0 Å². The Morgan fingerprint density at radius 3 is 1.89 bits per heavy atom. The van der Waals surface area contributed by atoms with Crippen molar-refractivity contribution >= 4 is 23.5 Å². The molecule has 0 aliphatic rings. The van der Waals surface area contributed by atoms with E-state index in [0.717, 1.165) is 37.1 Å². The number of benzene rings is 1. The molecule has 0 spiro atoms. The first-order valence-corrected chi connectivity index (χ1v) is 13.4. The van der Waals surface area contributed by atoms with Gasteiger partial charge in [-0.05, 0) is 43.0 Å².